The molecule has 2 saturated heterocycles. The first-order valence-corrected chi connectivity index (χ1v) is 18.6. The minimum atomic E-state index is -0.724. The van der Waals surface area contributed by atoms with E-state index in [0.29, 0.717) is 38.0 Å². The van der Waals surface area contributed by atoms with Crippen molar-refractivity contribution in [2.45, 2.75) is 90.8 Å². The van der Waals surface area contributed by atoms with E-state index < -0.39 is 24.3 Å². The number of alkyl carbamates (subject to hydrolysis) is 2. The second-order valence-corrected chi connectivity index (χ2v) is 14.4. The van der Waals surface area contributed by atoms with Crippen LogP contribution in [0.2, 0.25) is 0 Å². The van der Waals surface area contributed by atoms with E-state index in [0.717, 1.165) is 41.8 Å². The number of imidazole rings is 2. The Balaban J connectivity index is 1.16. The highest BCUT2D eigenvalue weighted by molar-refractivity contribution is 5.87. The third-order valence-corrected chi connectivity index (χ3v) is 9.86. The average molecular weight is 751 g/mol. The number of aromatic nitrogens is 4. The minimum Gasteiger partial charge on any atom is -0.453 e. The van der Waals surface area contributed by atoms with Crippen LogP contribution >= 0.6 is 0 Å². The van der Waals surface area contributed by atoms with Crippen molar-refractivity contribution in [1.82, 2.24) is 40.4 Å². The summed E-state index contributed by atoms with van der Waals surface area (Å²) in [6.07, 6.45) is 3.95. The number of methoxy groups -OCH3 is 2. The van der Waals surface area contributed by atoms with Gasteiger partial charge in [0.1, 0.15) is 35.9 Å². The molecule has 2 aliphatic heterocycles. The van der Waals surface area contributed by atoms with Crippen LogP contribution in [0.4, 0.5) is 9.59 Å². The van der Waals surface area contributed by atoms with Gasteiger partial charge in [-0.05, 0) is 42.2 Å². The Morgan fingerprint density at radius 2 is 1.56 bits per heavy atom. The highest BCUT2D eigenvalue weighted by Crippen LogP contribution is 2.34. The van der Waals surface area contributed by atoms with Gasteiger partial charge in [0.2, 0.25) is 11.8 Å². The Labute approximate surface area is 316 Å². The number of nitrogens with zero attached hydrogens (tertiary/aromatic N) is 4. The third kappa shape index (κ3) is 9.58. The van der Waals surface area contributed by atoms with Crippen LogP contribution in [0, 0.1) is 11.8 Å². The zero-order valence-corrected chi connectivity index (χ0v) is 32.2. The van der Waals surface area contributed by atoms with Gasteiger partial charge < -0.3 is 49.3 Å². The molecule has 2 aromatic heterocycles. The molecule has 0 saturated carbocycles. The van der Waals surface area contributed by atoms with Crippen molar-refractivity contribution >= 4 is 24.0 Å². The summed E-state index contributed by atoms with van der Waals surface area (Å²) in [6, 6.07) is 6.39. The summed E-state index contributed by atoms with van der Waals surface area (Å²) in [5.74, 6) is 0.720. The number of amides is 4. The molecule has 294 valence electrons. The first kappa shape index (κ1) is 40.2. The molecule has 0 radical (unpaired) electrons. The van der Waals surface area contributed by atoms with Crippen molar-refractivity contribution in [2.75, 3.05) is 40.5 Å². The van der Waals surface area contributed by atoms with E-state index in [9.17, 15) is 19.2 Å². The molecule has 2 aliphatic rings. The van der Waals surface area contributed by atoms with Crippen molar-refractivity contribution in [3.05, 3.63) is 59.6 Å². The molecule has 1 aromatic carbocycles. The molecule has 3 aromatic rings. The van der Waals surface area contributed by atoms with Gasteiger partial charge in [0.25, 0.3) is 0 Å². The van der Waals surface area contributed by atoms with Crippen molar-refractivity contribution in [3.63, 3.8) is 0 Å². The summed E-state index contributed by atoms with van der Waals surface area (Å²) in [7, 11) is 2.55. The van der Waals surface area contributed by atoms with Crippen molar-refractivity contribution in [1.29, 1.82) is 0 Å². The molecule has 16 nitrogen and oxygen atoms in total. The molecule has 2 fully saturated rings. The molecule has 4 amide bonds. The van der Waals surface area contributed by atoms with E-state index >= 15 is 0 Å². The van der Waals surface area contributed by atoms with E-state index in [1.165, 1.54) is 14.2 Å². The van der Waals surface area contributed by atoms with Gasteiger partial charge in [-0.25, -0.2) is 19.6 Å². The number of rotatable bonds is 14. The van der Waals surface area contributed by atoms with Gasteiger partial charge in [0.15, 0.2) is 0 Å². The maximum atomic E-state index is 13.5. The molecule has 54 heavy (non-hydrogen) atoms. The smallest absolute Gasteiger partial charge is 0.407 e. The summed E-state index contributed by atoms with van der Waals surface area (Å²) in [6.45, 7) is 11.5. The SMILES string of the molecule is CCCN(Cc1ncc(C2COC(c3ccc(-c4cnc([C@H]5CCCN5C(=O)[C@H](NC(=O)OC)C(C)C)[nH]4)cc3)CO2)[nH]1)C(=O)C(NC(=O)OC)C(C)C. The van der Waals surface area contributed by atoms with Gasteiger partial charge in [-0.2, -0.15) is 0 Å². The Kier molecular flexibility index (Phi) is 13.7. The van der Waals surface area contributed by atoms with Crippen LogP contribution in [0.15, 0.2) is 36.7 Å². The number of ether oxygens (including phenoxy) is 4. The zero-order valence-electron chi connectivity index (χ0n) is 32.2. The first-order chi connectivity index (χ1) is 25.9. The lowest BCUT2D eigenvalue weighted by Gasteiger charge is -2.30. The number of H-pyrrole nitrogens is 2. The normalized spacial score (nSPS) is 19.7. The third-order valence-electron chi connectivity index (χ3n) is 9.86. The molecule has 5 atom stereocenters. The topological polar surface area (TPSA) is 193 Å². The standard InChI is InChI=1S/C38H54N8O8/c1-8-15-45(35(47)32(22(2)3)43-37(49)51-6)19-31-39-18-27(41-31)30-21-53-29(20-54-30)25-13-11-24(12-14-25)26-17-40-34(42-26)28-10-9-16-46(28)36(48)33(23(4)5)44-38(50)52-7/h11-14,17-18,22-23,28-30,32-33H,8-10,15-16,19-21H2,1-7H3,(H,39,41)(H,40,42)(H,43,49)(H,44,50)/t28-,29?,30?,32?,33-/m1/s1. The highest BCUT2D eigenvalue weighted by atomic mass is 16.6. The lowest BCUT2D eigenvalue weighted by atomic mass is 10.0. The van der Waals surface area contributed by atoms with Crippen LogP contribution in [0.3, 0.4) is 0 Å². The second-order valence-electron chi connectivity index (χ2n) is 14.4. The number of nitrogens with one attached hydrogen (secondary N) is 4. The number of likely N-dealkylation sites (tertiary alicyclic amines) is 1. The Hall–Kier alpha value is -4.96. The quantitative estimate of drug-likeness (QED) is 0.178. The molecule has 4 heterocycles. The predicted molar refractivity (Wildman–Crippen MR) is 198 cm³/mol. The largest absolute Gasteiger partial charge is 0.453 e. The van der Waals surface area contributed by atoms with Crippen LogP contribution in [0.25, 0.3) is 11.3 Å². The molecule has 3 unspecified atom stereocenters. The van der Waals surface area contributed by atoms with E-state index in [2.05, 4.69) is 30.6 Å². The molecule has 4 N–H and O–H groups in total. The van der Waals surface area contributed by atoms with E-state index in [1.807, 2.05) is 58.9 Å². The first-order valence-electron chi connectivity index (χ1n) is 18.6. The van der Waals surface area contributed by atoms with Gasteiger partial charge in [-0.3, -0.25) is 9.59 Å². The van der Waals surface area contributed by atoms with Crippen LogP contribution in [0.1, 0.15) is 95.0 Å². The summed E-state index contributed by atoms with van der Waals surface area (Å²) in [5.41, 5.74) is 3.50. The fourth-order valence-electron chi connectivity index (χ4n) is 6.83. The predicted octanol–water partition coefficient (Wildman–Crippen LogP) is 4.79. The minimum absolute atomic E-state index is 0.112. The second kappa shape index (κ2) is 18.4. The Bertz CT molecular complexity index is 1720. The zero-order chi connectivity index (χ0) is 38.9. The molecular formula is C38H54N8O8. The average Bonchev–Trinajstić information content (AvgIpc) is 3.97. The molecular weight excluding hydrogens is 696 g/mol. The lowest BCUT2D eigenvalue weighted by Crippen LogP contribution is -2.51. The molecule has 0 bridgehead atoms. The number of carbonyl (C=O) groups is 4. The number of carbonyl (C=O) groups excluding carboxylic acids is 4. The summed E-state index contributed by atoms with van der Waals surface area (Å²) in [4.78, 5) is 70.1. The van der Waals surface area contributed by atoms with Crippen LogP contribution < -0.4 is 10.6 Å². The van der Waals surface area contributed by atoms with Crippen molar-refractivity contribution in [2.24, 2.45) is 11.8 Å². The Morgan fingerprint density at radius 1 is 0.907 bits per heavy atom. The lowest BCUT2D eigenvalue weighted by molar-refractivity contribution is -0.138. The number of benzene rings is 1. The molecule has 0 spiro atoms. The maximum Gasteiger partial charge on any atom is 0.407 e. The fraction of sp³-hybridized carbons (Fsp3) is 0.579. The van der Waals surface area contributed by atoms with Gasteiger partial charge in [-0.1, -0.05) is 58.9 Å². The van der Waals surface area contributed by atoms with Crippen LogP contribution in [-0.2, 0) is 35.1 Å². The van der Waals surface area contributed by atoms with Crippen LogP contribution in [-0.4, -0.2) is 106 Å². The summed E-state index contributed by atoms with van der Waals surface area (Å²) in [5, 5.41) is 5.34. The maximum absolute atomic E-state index is 13.5. The van der Waals surface area contributed by atoms with E-state index in [1.54, 1.807) is 22.2 Å². The molecule has 0 aliphatic carbocycles. The van der Waals surface area contributed by atoms with Crippen LogP contribution in [0.5, 0.6) is 0 Å². The summed E-state index contributed by atoms with van der Waals surface area (Å²) < 4.78 is 21.9. The highest BCUT2D eigenvalue weighted by Gasteiger charge is 2.38. The van der Waals surface area contributed by atoms with E-state index in [4.69, 9.17) is 18.9 Å². The van der Waals surface area contributed by atoms with E-state index in [-0.39, 0.29) is 48.4 Å². The molecule has 16 heteroatoms. The number of aromatic amines is 2. The Morgan fingerprint density at radius 3 is 2.17 bits per heavy atom. The van der Waals surface area contributed by atoms with Gasteiger partial charge >= 0.3 is 12.2 Å². The fourth-order valence-corrected chi connectivity index (χ4v) is 6.83. The van der Waals surface area contributed by atoms with Crippen molar-refractivity contribution in [3.8, 4) is 11.3 Å². The van der Waals surface area contributed by atoms with Gasteiger partial charge in [0.05, 0.1) is 63.8 Å². The van der Waals surface area contributed by atoms with Gasteiger partial charge in [-0.15, -0.1) is 0 Å². The van der Waals surface area contributed by atoms with Gasteiger partial charge in [0, 0.05) is 13.1 Å². The molecule has 5 rings (SSSR count). The van der Waals surface area contributed by atoms with Crippen molar-refractivity contribution < 1.29 is 38.1 Å². The summed E-state index contributed by atoms with van der Waals surface area (Å²) >= 11 is 0. The number of hydrogen-bond acceptors (Lipinski definition) is 10. The number of hydrogen-bond donors (Lipinski definition) is 4. The monoisotopic (exact) mass is 750 g/mol.